The van der Waals surface area contributed by atoms with Crippen molar-refractivity contribution in [1.82, 2.24) is 9.78 Å². The van der Waals surface area contributed by atoms with Crippen molar-refractivity contribution in [1.29, 1.82) is 0 Å². The predicted molar refractivity (Wildman–Crippen MR) is 77.4 cm³/mol. The molecule has 1 aromatic heterocycles. The molecule has 0 fully saturated rings. The standard InChI is InChI=1S/C14H19FN4O/c1-3-20-14-9-13(12(16)8-11(14)15)17-6-4-10-5-7-18-19(10)2/h5,7-9,17H,3-4,6,16H2,1-2H3. The number of nitrogen functional groups attached to an aromatic ring is 1. The van der Waals surface area contributed by atoms with Crippen LogP contribution in [0.1, 0.15) is 12.6 Å². The molecule has 0 amide bonds. The van der Waals surface area contributed by atoms with Crippen LogP contribution in [0.2, 0.25) is 0 Å². The molecule has 1 aromatic carbocycles. The largest absolute Gasteiger partial charge is 0.491 e. The van der Waals surface area contributed by atoms with Gasteiger partial charge in [0.15, 0.2) is 11.6 Å². The van der Waals surface area contributed by atoms with Crippen LogP contribution in [-0.4, -0.2) is 22.9 Å². The van der Waals surface area contributed by atoms with Gasteiger partial charge in [0.1, 0.15) is 0 Å². The fraction of sp³-hybridized carbons (Fsp3) is 0.357. The van der Waals surface area contributed by atoms with Crippen LogP contribution in [0, 0.1) is 5.82 Å². The van der Waals surface area contributed by atoms with E-state index < -0.39 is 5.82 Å². The highest BCUT2D eigenvalue weighted by atomic mass is 19.1. The van der Waals surface area contributed by atoms with Gasteiger partial charge in [-0.25, -0.2) is 4.39 Å². The second kappa shape index (κ2) is 6.27. The van der Waals surface area contributed by atoms with Gasteiger partial charge in [-0.3, -0.25) is 4.68 Å². The number of hydrogen-bond acceptors (Lipinski definition) is 4. The molecule has 1 heterocycles. The molecule has 0 radical (unpaired) electrons. The van der Waals surface area contributed by atoms with Gasteiger partial charge in [0.05, 0.1) is 18.0 Å². The third-order valence-electron chi connectivity index (χ3n) is 3.02. The van der Waals surface area contributed by atoms with Gasteiger partial charge in [0, 0.05) is 44.0 Å². The van der Waals surface area contributed by atoms with E-state index in [0.29, 0.717) is 24.5 Å². The normalized spacial score (nSPS) is 10.6. The van der Waals surface area contributed by atoms with Crippen LogP contribution in [0.5, 0.6) is 5.75 Å². The average Bonchev–Trinajstić information content (AvgIpc) is 2.81. The zero-order valence-corrected chi connectivity index (χ0v) is 11.7. The molecule has 6 heteroatoms. The van der Waals surface area contributed by atoms with Gasteiger partial charge in [0.2, 0.25) is 0 Å². The minimum Gasteiger partial charge on any atom is -0.491 e. The van der Waals surface area contributed by atoms with Crippen LogP contribution in [0.15, 0.2) is 24.4 Å². The molecule has 0 saturated carbocycles. The van der Waals surface area contributed by atoms with E-state index in [0.717, 1.165) is 12.1 Å². The lowest BCUT2D eigenvalue weighted by Crippen LogP contribution is -2.10. The topological polar surface area (TPSA) is 65.1 Å². The smallest absolute Gasteiger partial charge is 0.167 e. The van der Waals surface area contributed by atoms with E-state index in [1.54, 1.807) is 12.3 Å². The summed E-state index contributed by atoms with van der Waals surface area (Å²) in [6, 6.07) is 4.83. The van der Waals surface area contributed by atoms with Gasteiger partial charge < -0.3 is 15.8 Å². The van der Waals surface area contributed by atoms with Crippen molar-refractivity contribution in [3.05, 3.63) is 35.9 Å². The minimum absolute atomic E-state index is 0.213. The second-order valence-electron chi connectivity index (χ2n) is 4.43. The summed E-state index contributed by atoms with van der Waals surface area (Å²) in [5.74, 6) is -0.230. The molecule has 0 atom stereocenters. The molecule has 0 aliphatic rings. The number of nitrogens with two attached hydrogens (primary N) is 1. The number of benzene rings is 1. The van der Waals surface area contributed by atoms with E-state index in [9.17, 15) is 4.39 Å². The summed E-state index contributed by atoms with van der Waals surface area (Å²) in [5, 5.41) is 7.30. The van der Waals surface area contributed by atoms with Crippen LogP contribution in [-0.2, 0) is 13.5 Å². The molecule has 0 unspecified atom stereocenters. The Morgan fingerprint density at radius 2 is 2.25 bits per heavy atom. The number of anilines is 2. The zero-order valence-electron chi connectivity index (χ0n) is 11.7. The Morgan fingerprint density at radius 1 is 1.45 bits per heavy atom. The summed E-state index contributed by atoms with van der Waals surface area (Å²) >= 11 is 0. The maximum Gasteiger partial charge on any atom is 0.167 e. The first-order valence-corrected chi connectivity index (χ1v) is 6.54. The third-order valence-corrected chi connectivity index (χ3v) is 3.02. The Bertz CT molecular complexity index is 583. The van der Waals surface area contributed by atoms with Crippen molar-refractivity contribution in [3.63, 3.8) is 0 Å². The first-order chi connectivity index (χ1) is 9.61. The van der Waals surface area contributed by atoms with E-state index in [1.807, 2.05) is 24.7 Å². The number of rotatable bonds is 6. The van der Waals surface area contributed by atoms with Gasteiger partial charge in [-0.05, 0) is 13.0 Å². The average molecular weight is 278 g/mol. The fourth-order valence-corrected chi connectivity index (χ4v) is 1.96. The van der Waals surface area contributed by atoms with Crippen molar-refractivity contribution < 1.29 is 9.13 Å². The molecule has 0 saturated heterocycles. The summed E-state index contributed by atoms with van der Waals surface area (Å²) in [6.45, 7) is 2.90. The Kier molecular flexibility index (Phi) is 4.45. The molecule has 3 N–H and O–H groups in total. The van der Waals surface area contributed by atoms with Crippen molar-refractivity contribution in [2.24, 2.45) is 7.05 Å². The van der Waals surface area contributed by atoms with Crippen LogP contribution >= 0.6 is 0 Å². The van der Waals surface area contributed by atoms with Gasteiger partial charge in [0.25, 0.3) is 0 Å². The van der Waals surface area contributed by atoms with E-state index in [4.69, 9.17) is 10.5 Å². The lowest BCUT2D eigenvalue weighted by molar-refractivity contribution is 0.322. The lowest BCUT2D eigenvalue weighted by Gasteiger charge is -2.12. The summed E-state index contributed by atoms with van der Waals surface area (Å²) in [6.07, 6.45) is 2.56. The first kappa shape index (κ1) is 14.2. The minimum atomic E-state index is -0.443. The fourth-order valence-electron chi connectivity index (χ4n) is 1.96. The van der Waals surface area contributed by atoms with Crippen molar-refractivity contribution in [3.8, 4) is 5.75 Å². The molecule has 0 aliphatic heterocycles. The highest BCUT2D eigenvalue weighted by Crippen LogP contribution is 2.28. The Hall–Kier alpha value is -2.24. The molecule has 5 nitrogen and oxygen atoms in total. The lowest BCUT2D eigenvalue weighted by atomic mass is 10.2. The Morgan fingerprint density at radius 3 is 2.90 bits per heavy atom. The maximum atomic E-state index is 13.6. The number of hydrogen-bond donors (Lipinski definition) is 2. The molecule has 2 rings (SSSR count). The van der Waals surface area contributed by atoms with E-state index >= 15 is 0 Å². The van der Waals surface area contributed by atoms with Gasteiger partial charge in [-0.2, -0.15) is 5.10 Å². The molecule has 108 valence electrons. The summed E-state index contributed by atoms with van der Waals surface area (Å²) in [7, 11) is 1.90. The van der Waals surface area contributed by atoms with Crippen LogP contribution in [0.3, 0.4) is 0 Å². The SMILES string of the molecule is CCOc1cc(NCCc2ccnn2C)c(N)cc1F. The molecule has 0 aliphatic carbocycles. The maximum absolute atomic E-state index is 13.6. The number of nitrogens with one attached hydrogen (secondary N) is 1. The number of halogens is 1. The summed E-state index contributed by atoms with van der Waals surface area (Å²) in [5.41, 5.74) is 7.96. The van der Waals surface area contributed by atoms with Crippen molar-refractivity contribution in [2.75, 3.05) is 24.2 Å². The molecule has 0 spiro atoms. The van der Waals surface area contributed by atoms with Crippen molar-refractivity contribution >= 4 is 11.4 Å². The number of aryl methyl sites for hydroxylation is 1. The first-order valence-electron chi connectivity index (χ1n) is 6.54. The van der Waals surface area contributed by atoms with Gasteiger partial charge >= 0.3 is 0 Å². The van der Waals surface area contributed by atoms with Crippen LogP contribution < -0.4 is 15.8 Å². The number of ether oxygens (including phenoxy) is 1. The number of aromatic nitrogens is 2. The van der Waals surface area contributed by atoms with Gasteiger partial charge in [-0.1, -0.05) is 0 Å². The predicted octanol–water partition coefficient (Wildman–Crippen LogP) is 2.19. The quantitative estimate of drug-likeness (QED) is 0.795. The highest BCUT2D eigenvalue weighted by Gasteiger charge is 2.09. The molecule has 2 aromatic rings. The van der Waals surface area contributed by atoms with Gasteiger partial charge in [-0.15, -0.1) is 0 Å². The van der Waals surface area contributed by atoms with Crippen LogP contribution in [0.25, 0.3) is 0 Å². The second-order valence-corrected chi connectivity index (χ2v) is 4.43. The molecule has 0 bridgehead atoms. The molecular weight excluding hydrogens is 259 g/mol. The summed E-state index contributed by atoms with van der Waals surface area (Å²) < 4.78 is 20.6. The van der Waals surface area contributed by atoms with Crippen molar-refractivity contribution in [2.45, 2.75) is 13.3 Å². The number of nitrogens with zero attached hydrogens (tertiary/aromatic N) is 2. The Labute approximate surface area is 117 Å². The zero-order chi connectivity index (χ0) is 14.5. The highest BCUT2D eigenvalue weighted by molar-refractivity contribution is 5.68. The summed E-state index contributed by atoms with van der Waals surface area (Å²) in [4.78, 5) is 0. The molecular formula is C14H19FN4O. The van der Waals surface area contributed by atoms with E-state index in [1.165, 1.54) is 6.07 Å². The van der Waals surface area contributed by atoms with Crippen LogP contribution in [0.4, 0.5) is 15.8 Å². The Balaban J connectivity index is 2.02. The van der Waals surface area contributed by atoms with E-state index in [2.05, 4.69) is 10.4 Å². The third kappa shape index (κ3) is 3.20. The van der Waals surface area contributed by atoms with E-state index in [-0.39, 0.29) is 5.75 Å². The molecule has 20 heavy (non-hydrogen) atoms. The monoisotopic (exact) mass is 278 g/mol.